The molecule has 120 valence electrons. The maximum Gasteiger partial charge on any atom is 0.270 e. The molecule has 1 N–H and O–H groups in total. The Hall–Kier alpha value is -1.15. The minimum absolute atomic E-state index is 0.121. The third-order valence-corrected chi connectivity index (χ3v) is 5.59. The predicted molar refractivity (Wildman–Crippen MR) is 92.0 cm³/mol. The Bertz CT molecular complexity index is 705. The van der Waals surface area contributed by atoms with E-state index in [-0.39, 0.29) is 5.91 Å². The van der Waals surface area contributed by atoms with Crippen LogP contribution in [0.2, 0.25) is 0 Å². The zero-order valence-electron chi connectivity index (χ0n) is 13.1. The first kappa shape index (κ1) is 17.2. The topological polar surface area (TPSA) is 64.7 Å². The molecule has 0 aliphatic rings. The smallest absolute Gasteiger partial charge is 0.270 e. The van der Waals surface area contributed by atoms with E-state index in [1.165, 1.54) is 0 Å². The van der Waals surface area contributed by atoms with Crippen LogP contribution in [0.15, 0.2) is 8.95 Å². The summed E-state index contributed by atoms with van der Waals surface area (Å²) in [7, 11) is 1.76. The summed E-state index contributed by atoms with van der Waals surface area (Å²) in [6, 6.07) is 0. The number of rotatable bonds is 5. The Morgan fingerprint density at radius 3 is 2.27 bits per heavy atom. The van der Waals surface area contributed by atoms with Gasteiger partial charge < -0.3 is 5.32 Å². The van der Waals surface area contributed by atoms with Gasteiger partial charge in [0.2, 0.25) is 0 Å². The molecule has 0 bridgehead atoms. The second-order valence-corrected chi connectivity index (χ2v) is 6.78. The highest BCUT2D eigenvalue weighted by Crippen LogP contribution is 2.20. The summed E-state index contributed by atoms with van der Waals surface area (Å²) < 4.78 is 5.34. The summed E-state index contributed by atoms with van der Waals surface area (Å²) in [5, 5.41) is 11.6. The van der Waals surface area contributed by atoms with Crippen LogP contribution in [0.4, 0.5) is 0 Å². The van der Waals surface area contributed by atoms with E-state index in [2.05, 4.69) is 47.4 Å². The molecule has 1 amide bonds. The number of amides is 1. The van der Waals surface area contributed by atoms with E-state index in [0.717, 1.165) is 39.0 Å². The molecule has 2 heterocycles. The summed E-state index contributed by atoms with van der Waals surface area (Å²) >= 11 is 6.92. The van der Waals surface area contributed by atoms with Crippen molar-refractivity contribution in [3.05, 3.63) is 31.7 Å². The number of hydrogen-bond acceptors (Lipinski definition) is 3. The van der Waals surface area contributed by atoms with Crippen molar-refractivity contribution in [2.45, 2.75) is 33.7 Å². The monoisotopic (exact) mass is 431 g/mol. The van der Waals surface area contributed by atoms with Gasteiger partial charge in [-0.15, -0.1) is 0 Å². The quantitative estimate of drug-likeness (QED) is 0.738. The van der Waals surface area contributed by atoms with Crippen LogP contribution >= 0.6 is 31.9 Å². The summed E-state index contributed by atoms with van der Waals surface area (Å²) in [6.45, 7) is 7.22. The van der Waals surface area contributed by atoms with Gasteiger partial charge in [-0.3, -0.25) is 14.2 Å². The lowest BCUT2D eigenvalue weighted by molar-refractivity contribution is 0.0942. The van der Waals surface area contributed by atoms with Gasteiger partial charge in [-0.25, -0.2) is 0 Å². The standard InChI is InChI=1S/C14H19Br2N5O/c1-8-11(15)10(3)21(19-8)7-5-6-17-14(22)13-12(16)9(2)18-20(13)4/h5-7H2,1-4H3,(H,17,22). The first-order chi connectivity index (χ1) is 10.3. The Morgan fingerprint density at radius 2 is 1.77 bits per heavy atom. The first-order valence-electron chi connectivity index (χ1n) is 6.99. The number of carbonyl (C=O) groups excluding carboxylic acids is 1. The van der Waals surface area contributed by atoms with Crippen molar-refractivity contribution in [2.24, 2.45) is 7.05 Å². The van der Waals surface area contributed by atoms with Gasteiger partial charge in [-0.2, -0.15) is 10.2 Å². The van der Waals surface area contributed by atoms with Crippen LogP contribution in [0.1, 0.15) is 34.0 Å². The maximum atomic E-state index is 12.2. The van der Waals surface area contributed by atoms with Gasteiger partial charge in [0.25, 0.3) is 5.91 Å². The van der Waals surface area contributed by atoms with Gasteiger partial charge in [-0.1, -0.05) is 0 Å². The maximum absolute atomic E-state index is 12.2. The largest absolute Gasteiger partial charge is 0.351 e. The second kappa shape index (κ2) is 6.95. The van der Waals surface area contributed by atoms with Gasteiger partial charge >= 0.3 is 0 Å². The van der Waals surface area contributed by atoms with Crippen molar-refractivity contribution in [3.63, 3.8) is 0 Å². The Morgan fingerprint density at radius 1 is 1.14 bits per heavy atom. The normalized spacial score (nSPS) is 11.0. The third-order valence-electron chi connectivity index (χ3n) is 3.49. The van der Waals surface area contributed by atoms with Crippen LogP contribution in [0, 0.1) is 20.8 Å². The van der Waals surface area contributed by atoms with E-state index >= 15 is 0 Å². The molecule has 0 radical (unpaired) electrons. The number of nitrogens with one attached hydrogen (secondary N) is 1. The van der Waals surface area contributed by atoms with E-state index in [0.29, 0.717) is 12.2 Å². The van der Waals surface area contributed by atoms with E-state index in [4.69, 9.17) is 0 Å². The molecule has 22 heavy (non-hydrogen) atoms. The van der Waals surface area contributed by atoms with E-state index < -0.39 is 0 Å². The van der Waals surface area contributed by atoms with Crippen molar-refractivity contribution in [3.8, 4) is 0 Å². The molecule has 0 saturated carbocycles. The molecule has 8 heteroatoms. The third kappa shape index (κ3) is 3.43. The fourth-order valence-corrected chi connectivity index (χ4v) is 3.09. The Labute approximate surface area is 146 Å². The van der Waals surface area contributed by atoms with Crippen molar-refractivity contribution in [1.29, 1.82) is 0 Å². The van der Waals surface area contributed by atoms with E-state index in [9.17, 15) is 4.79 Å². The summed E-state index contributed by atoms with van der Waals surface area (Å²) in [6.07, 6.45) is 0.814. The van der Waals surface area contributed by atoms with Gasteiger partial charge in [-0.05, 0) is 59.1 Å². The first-order valence-corrected chi connectivity index (χ1v) is 8.58. The lowest BCUT2D eigenvalue weighted by atomic mass is 10.3. The molecule has 2 aromatic heterocycles. The minimum atomic E-state index is -0.121. The van der Waals surface area contributed by atoms with Crippen molar-refractivity contribution in [1.82, 2.24) is 24.9 Å². The minimum Gasteiger partial charge on any atom is -0.351 e. The molecule has 0 spiro atoms. The van der Waals surface area contributed by atoms with Crippen LogP contribution in [0.5, 0.6) is 0 Å². The fourth-order valence-electron chi connectivity index (χ4n) is 2.29. The van der Waals surface area contributed by atoms with Crippen LogP contribution in [0.3, 0.4) is 0 Å². The number of halogens is 2. The summed E-state index contributed by atoms with van der Waals surface area (Å²) in [5.74, 6) is -0.121. The van der Waals surface area contributed by atoms with Crippen molar-refractivity contribution in [2.75, 3.05) is 6.54 Å². The molecule has 0 aromatic carbocycles. The zero-order chi connectivity index (χ0) is 16.4. The molecular weight excluding hydrogens is 414 g/mol. The average Bonchev–Trinajstić information content (AvgIpc) is 2.85. The number of nitrogens with zero attached hydrogens (tertiary/aromatic N) is 4. The second-order valence-electron chi connectivity index (χ2n) is 5.19. The fraction of sp³-hybridized carbons (Fsp3) is 0.500. The van der Waals surface area contributed by atoms with Gasteiger partial charge in [0.1, 0.15) is 5.69 Å². The number of aryl methyl sites for hydroxylation is 4. The Balaban J connectivity index is 1.88. The van der Waals surface area contributed by atoms with Gasteiger partial charge in [0.05, 0.1) is 20.3 Å². The van der Waals surface area contributed by atoms with Crippen LogP contribution in [-0.4, -0.2) is 32.0 Å². The van der Waals surface area contributed by atoms with Gasteiger partial charge in [0.15, 0.2) is 0 Å². The molecule has 0 aliphatic heterocycles. The molecule has 0 aliphatic carbocycles. The van der Waals surface area contributed by atoms with Crippen LogP contribution in [0.25, 0.3) is 0 Å². The van der Waals surface area contributed by atoms with E-state index in [1.807, 2.05) is 25.5 Å². The molecule has 0 fully saturated rings. The number of carbonyl (C=O) groups is 1. The number of hydrogen-bond donors (Lipinski definition) is 1. The SMILES string of the molecule is Cc1nn(C)c(C(=O)NCCCn2nc(C)c(Br)c2C)c1Br. The molecule has 2 rings (SSSR count). The predicted octanol–water partition coefficient (Wildman–Crippen LogP) is 2.89. The lowest BCUT2D eigenvalue weighted by Gasteiger charge is -2.07. The average molecular weight is 433 g/mol. The van der Waals surface area contributed by atoms with Gasteiger partial charge in [0, 0.05) is 25.8 Å². The zero-order valence-corrected chi connectivity index (χ0v) is 16.2. The molecule has 0 saturated heterocycles. The van der Waals surface area contributed by atoms with Crippen molar-refractivity contribution < 1.29 is 4.79 Å². The highest BCUT2D eigenvalue weighted by molar-refractivity contribution is 9.10. The van der Waals surface area contributed by atoms with Crippen molar-refractivity contribution >= 4 is 37.8 Å². The highest BCUT2D eigenvalue weighted by Gasteiger charge is 2.17. The van der Waals surface area contributed by atoms with Crippen LogP contribution in [-0.2, 0) is 13.6 Å². The molecule has 2 aromatic rings. The Kier molecular flexibility index (Phi) is 5.44. The molecule has 0 unspecified atom stereocenters. The molecular formula is C14H19Br2N5O. The lowest BCUT2D eigenvalue weighted by Crippen LogP contribution is -2.27. The molecule has 6 nitrogen and oxygen atoms in total. The summed E-state index contributed by atoms with van der Waals surface area (Å²) in [4.78, 5) is 12.2. The van der Waals surface area contributed by atoms with E-state index in [1.54, 1.807) is 11.7 Å². The summed E-state index contributed by atoms with van der Waals surface area (Å²) in [5.41, 5.74) is 3.44. The molecule has 0 atom stereocenters. The highest BCUT2D eigenvalue weighted by atomic mass is 79.9. The van der Waals surface area contributed by atoms with Crippen LogP contribution < -0.4 is 5.32 Å². The number of aromatic nitrogens is 4.